The van der Waals surface area contributed by atoms with E-state index in [0.717, 1.165) is 22.2 Å². The van der Waals surface area contributed by atoms with E-state index in [2.05, 4.69) is 65.3 Å². The van der Waals surface area contributed by atoms with Gasteiger partial charge >= 0.3 is 0 Å². The maximum atomic E-state index is 3.52. The van der Waals surface area contributed by atoms with Crippen molar-refractivity contribution in [3.63, 3.8) is 0 Å². The van der Waals surface area contributed by atoms with Crippen LogP contribution in [0.4, 0.5) is 0 Å². The van der Waals surface area contributed by atoms with Crippen LogP contribution in [0.15, 0.2) is 47.0 Å². The van der Waals surface area contributed by atoms with Gasteiger partial charge in [-0.05, 0) is 60.3 Å². The SMILES string of the molecule is CCCCCC[C@H]1CC[C@H](C2C=CC(c3ccc(Br)cc3)=CC2)CC1. The van der Waals surface area contributed by atoms with Gasteiger partial charge in [0.2, 0.25) is 0 Å². The van der Waals surface area contributed by atoms with Gasteiger partial charge < -0.3 is 0 Å². The lowest BCUT2D eigenvalue weighted by Crippen LogP contribution is -2.21. The molecule has 0 radical (unpaired) electrons. The zero-order chi connectivity index (χ0) is 17.5. The normalized spacial score (nSPS) is 26.5. The van der Waals surface area contributed by atoms with Gasteiger partial charge in [0.15, 0.2) is 0 Å². The first-order valence-corrected chi connectivity index (χ1v) is 11.2. The number of allylic oxidation sites excluding steroid dienone is 4. The monoisotopic (exact) mass is 400 g/mol. The van der Waals surface area contributed by atoms with Crippen LogP contribution in [0.25, 0.3) is 5.57 Å². The molecule has 2 aliphatic rings. The Labute approximate surface area is 162 Å². The molecule has 0 aliphatic heterocycles. The Balaban J connectivity index is 1.43. The molecule has 0 aromatic heterocycles. The van der Waals surface area contributed by atoms with Crippen molar-refractivity contribution in [1.29, 1.82) is 0 Å². The van der Waals surface area contributed by atoms with Crippen molar-refractivity contribution in [2.45, 2.75) is 71.1 Å². The summed E-state index contributed by atoms with van der Waals surface area (Å²) >= 11 is 3.52. The Morgan fingerprint density at radius 3 is 2.36 bits per heavy atom. The fourth-order valence-electron chi connectivity index (χ4n) is 4.61. The molecule has 1 saturated carbocycles. The predicted molar refractivity (Wildman–Crippen MR) is 114 cm³/mol. The molecule has 2 aliphatic carbocycles. The molecule has 1 aromatic rings. The molecule has 136 valence electrons. The van der Waals surface area contributed by atoms with Gasteiger partial charge in [0.1, 0.15) is 0 Å². The highest BCUT2D eigenvalue weighted by molar-refractivity contribution is 9.10. The van der Waals surface area contributed by atoms with Crippen LogP contribution in [0.3, 0.4) is 0 Å². The molecular weight excluding hydrogens is 368 g/mol. The number of hydrogen-bond donors (Lipinski definition) is 0. The maximum Gasteiger partial charge on any atom is 0.0175 e. The first-order valence-electron chi connectivity index (χ1n) is 10.4. The zero-order valence-electron chi connectivity index (χ0n) is 15.7. The first kappa shape index (κ1) is 19.0. The van der Waals surface area contributed by atoms with Crippen LogP contribution in [0.2, 0.25) is 0 Å². The van der Waals surface area contributed by atoms with Gasteiger partial charge in [-0.15, -0.1) is 0 Å². The second kappa shape index (κ2) is 9.76. The average Bonchev–Trinajstić information content (AvgIpc) is 2.67. The number of benzene rings is 1. The number of hydrogen-bond acceptors (Lipinski definition) is 0. The van der Waals surface area contributed by atoms with E-state index < -0.39 is 0 Å². The molecular formula is C24H33Br. The van der Waals surface area contributed by atoms with E-state index in [1.165, 1.54) is 75.3 Å². The predicted octanol–water partition coefficient (Wildman–Crippen LogP) is 8.19. The van der Waals surface area contributed by atoms with Crippen LogP contribution < -0.4 is 0 Å². The Kier molecular flexibility index (Phi) is 7.40. The first-order chi connectivity index (χ1) is 12.3. The molecule has 0 saturated heterocycles. The fraction of sp³-hybridized carbons (Fsp3) is 0.583. The summed E-state index contributed by atoms with van der Waals surface area (Å²) in [7, 11) is 0. The number of unbranched alkanes of at least 4 members (excludes halogenated alkanes) is 3. The molecule has 0 spiro atoms. The van der Waals surface area contributed by atoms with Gasteiger partial charge in [-0.1, -0.05) is 98.2 Å². The lowest BCUT2D eigenvalue weighted by molar-refractivity contribution is 0.218. The number of halogens is 1. The lowest BCUT2D eigenvalue weighted by atomic mass is 9.72. The summed E-state index contributed by atoms with van der Waals surface area (Å²) in [6.07, 6.45) is 21.6. The molecule has 1 aromatic carbocycles. The van der Waals surface area contributed by atoms with Crippen LogP contribution in [-0.4, -0.2) is 0 Å². The van der Waals surface area contributed by atoms with Crippen molar-refractivity contribution < 1.29 is 0 Å². The van der Waals surface area contributed by atoms with Crippen molar-refractivity contribution in [2.75, 3.05) is 0 Å². The topological polar surface area (TPSA) is 0 Å². The van der Waals surface area contributed by atoms with Crippen LogP contribution >= 0.6 is 15.9 Å². The molecule has 1 heteroatoms. The van der Waals surface area contributed by atoms with Gasteiger partial charge in [-0.2, -0.15) is 0 Å². The molecule has 3 rings (SSSR count). The third kappa shape index (κ3) is 5.58. The smallest absolute Gasteiger partial charge is 0.0175 e. The third-order valence-corrected chi connectivity index (χ3v) is 6.80. The molecule has 0 N–H and O–H groups in total. The van der Waals surface area contributed by atoms with E-state index in [4.69, 9.17) is 0 Å². The second-order valence-corrected chi connectivity index (χ2v) is 8.97. The summed E-state index contributed by atoms with van der Waals surface area (Å²) in [4.78, 5) is 0. The van der Waals surface area contributed by atoms with E-state index in [9.17, 15) is 0 Å². The van der Waals surface area contributed by atoms with Crippen molar-refractivity contribution in [1.82, 2.24) is 0 Å². The van der Waals surface area contributed by atoms with Gasteiger partial charge in [-0.25, -0.2) is 0 Å². The Hall–Kier alpha value is -0.820. The maximum absolute atomic E-state index is 3.52. The van der Waals surface area contributed by atoms with E-state index in [1.54, 1.807) is 0 Å². The summed E-state index contributed by atoms with van der Waals surface area (Å²) in [5.41, 5.74) is 2.74. The summed E-state index contributed by atoms with van der Waals surface area (Å²) in [6.45, 7) is 2.31. The highest BCUT2D eigenvalue weighted by Gasteiger charge is 2.26. The van der Waals surface area contributed by atoms with Crippen molar-refractivity contribution in [2.24, 2.45) is 17.8 Å². The van der Waals surface area contributed by atoms with Gasteiger partial charge in [0, 0.05) is 4.47 Å². The molecule has 25 heavy (non-hydrogen) atoms. The summed E-state index contributed by atoms with van der Waals surface area (Å²) in [5, 5.41) is 0. The largest absolute Gasteiger partial charge is 0.0802 e. The molecule has 1 unspecified atom stereocenters. The lowest BCUT2D eigenvalue weighted by Gasteiger charge is -2.33. The second-order valence-electron chi connectivity index (χ2n) is 8.06. The van der Waals surface area contributed by atoms with Crippen LogP contribution in [-0.2, 0) is 0 Å². The Morgan fingerprint density at radius 2 is 1.72 bits per heavy atom. The Bertz CT molecular complexity index is 573. The highest BCUT2D eigenvalue weighted by atomic mass is 79.9. The Morgan fingerprint density at radius 1 is 0.960 bits per heavy atom. The standard InChI is InChI=1S/C24H33Br/c1-2-3-4-5-6-19-7-9-20(10-8-19)21-11-13-22(14-12-21)23-15-17-24(25)18-16-23/h11,13-21H,2-10,12H2,1H3/t19-,20-,21?. The van der Waals surface area contributed by atoms with Crippen molar-refractivity contribution in [3.8, 4) is 0 Å². The summed E-state index contributed by atoms with van der Waals surface area (Å²) in [5.74, 6) is 2.72. The summed E-state index contributed by atoms with van der Waals surface area (Å²) < 4.78 is 1.15. The highest BCUT2D eigenvalue weighted by Crippen LogP contribution is 2.39. The van der Waals surface area contributed by atoms with Gasteiger partial charge in [0.25, 0.3) is 0 Å². The third-order valence-electron chi connectivity index (χ3n) is 6.27. The van der Waals surface area contributed by atoms with Gasteiger partial charge in [-0.3, -0.25) is 0 Å². The van der Waals surface area contributed by atoms with E-state index in [1.807, 2.05) is 0 Å². The quantitative estimate of drug-likeness (QED) is 0.404. The molecule has 0 amide bonds. The average molecular weight is 401 g/mol. The van der Waals surface area contributed by atoms with Crippen molar-refractivity contribution >= 4 is 21.5 Å². The molecule has 0 heterocycles. The van der Waals surface area contributed by atoms with E-state index in [0.29, 0.717) is 0 Å². The minimum Gasteiger partial charge on any atom is -0.0802 e. The van der Waals surface area contributed by atoms with Gasteiger partial charge in [0.05, 0.1) is 0 Å². The molecule has 0 nitrogen and oxygen atoms in total. The van der Waals surface area contributed by atoms with E-state index >= 15 is 0 Å². The van der Waals surface area contributed by atoms with Crippen LogP contribution in [0.5, 0.6) is 0 Å². The van der Waals surface area contributed by atoms with Crippen LogP contribution in [0.1, 0.15) is 76.7 Å². The molecule has 1 atom stereocenters. The van der Waals surface area contributed by atoms with E-state index in [-0.39, 0.29) is 0 Å². The molecule has 0 bridgehead atoms. The fourth-order valence-corrected chi connectivity index (χ4v) is 4.87. The van der Waals surface area contributed by atoms with Crippen LogP contribution in [0, 0.1) is 17.8 Å². The zero-order valence-corrected chi connectivity index (χ0v) is 17.3. The van der Waals surface area contributed by atoms with Crippen molar-refractivity contribution in [3.05, 3.63) is 52.5 Å². The minimum atomic E-state index is 0.778. The number of rotatable bonds is 7. The summed E-state index contributed by atoms with van der Waals surface area (Å²) in [6, 6.07) is 8.70. The molecule has 1 fully saturated rings. The minimum absolute atomic E-state index is 0.778.